The standard InChI is InChI=1S/C33H20N4O.Pt/c1-21-20-36-28-12-5-2-9-24(28)23-18-17-22(19-27(23)33(36)34-21)38-32-16-8-15-31(35-32)37-29-13-6-3-10-25(29)26-11-4-7-14-30(26)37;/h2-13,15-18,20H,1H3;/q-2;+2. The zero-order valence-electron chi connectivity index (χ0n) is 20.8. The Kier molecular flexibility index (Phi) is 5.50. The second-order valence-corrected chi connectivity index (χ2v) is 9.43. The molecule has 0 aliphatic heterocycles. The molecule has 0 atom stereocenters. The van der Waals surface area contributed by atoms with E-state index in [-0.39, 0.29) is 21.1 Å². The van der Waals surface area contributed by atoms with E-state index in [1.54, 1.807) is 0 Å². The van der Waals surface area contributed by atoms with Gasteiger partial charge in [-0.05, 0) is 35.9 Å². The number of hydrogen-bond donors (Lipinski definition) is 0. The van der Waals surface area contributed by atoms with E-state index in [1.165, 1.54) is 5.39 Å². The van der Waals surface area contributed by atoms with Crippen LogP contribution in [-0.4, -0.2) is 18.9 Å². The fourth-order valence-corrected chi connectivity index (χ4v) is 5.49. The van der Waals surface area contributed by atoms with Gasteiger partial charge in [-0.2, -0.15) is 29.2 Å². The Morgan fingerprint density at radius 2 is 1.49 bits per heavy atom. The maximum absolute atomic E-state index is 6.29. The fourth-order valence-electron chi connectivity index (χ4n) is 5.49. The first kappa shape index (κ1) is 23.6. The topological polar surface area (TPSA) is 44.4 Å². The van der Waals surface area contributed by atoms with Crippen LogP contribution in [0.1, 0.15) is 5.69 Å². The smallest absolute Gasteiger partial charge is 0.459 e. The van der Waals surface area contributed by atoms with E-state index < -0.39 is 0 Å². The van der Waals surface area contributed by atoms with Crippen LogP contribution in [0, 0.1) is 19.1 Å². The molecule has 8 aromatic rings. The molecule has 0 radical (unpaired) electrons. The number of aromatic nitrogens is 4. The summed E-state index contributed by atoms with van der Waals surface area (Å²) < 4.78 is 10.5. The van der Waals surface area contributed by atoms with Gasteiger partial charge in [-0.25, -0.2) is 0 Å². The summed E-state index contributed by atoms with van der Waals surface area (Å²) in [4.78, 5) is 9.69. The van der Waals surface area contributed by atoms with Crippen LogP contribution in [0.15, 0.2) is 103 Å². The summed E-state index contributed by atoms with van der Waals surface area (Å²) in [5.74, 6) is 1.86. The second-order valence-electron chi connectivity index (χ2n) is 9.43. The zero-order chi connectivity index (χ0) is 25.2. The van der Waals surface area contributed by atoms with Crippen molar-refractivity contribution in [1.29, 1.82) is 0 Å². The van der Waals surface area contributed by atoms with E-state index in [4.69, 9.17) is 14.7 Å². The molecule has 0 saturated heterocycles. The average molecular weight is 684 g/mol. The number of pyridine rings is 2. The molecule has 8 rings (SSSR count). The van der Waals surface area contributed by atoms with Crippen LogP contribution in [0.5, 0.6) is 11.6 Å². The van der Waals surface area contributed by atoms with Crippen molar-refractivity contribution in [3.05, 3.63) is 121 Å². The molecule has 0 N–H and O–H groups in total. The van der Waals surface area contributed by atoms with Crippen LogP contribution in [0.2, 0.25) is 0 Å². The van der Waals surface area contributed by atoms with Gasteiger partial charge in [0, 0.05) is 34.7 Å². The van der Waals surface area contributed by atoms with E-state index in [2.05, 4.69) is 81.9 Å². The first-order valence-corrected chi connectivity index (χ1v) is 12.5. The molecule has 39 heavy (non-hydrogen) atoms. The van der Waals surface area contributed by atoms with Gasteiger partial charge in [0.05, 0.1) is 5.65 Å². The van der Waals surface area contributed by atoms with Gasteiger partial charge in [-0.15, -0.1) is 11.5 Å². The Labute approximate surface area is 238 Å². The van der Waals surface area contributed by atoms with Crippen molar-refractivity contribution in [1.82, 2.24) is 18.9 Å². The van der Waals surface area contributed by atoms with Crippen LogP contribution in [0.4, 0.5) is 0 Å². The van der Waals surface area contributed by atoms with Crippen molar-refractivity contribution in [2.45, 2.75) is 6.92 Å². The van der Waals surface area contributed by atoms with Crippen molar-refractivity contribution in [2.75, 3.05) is 0 Å². The summed E-state index contributed by atoms with van der Waals surface area (Å²) in [5.41, 5.74) is 5.01. The summed E-state index contributed by atoms with van der Waals surface area (Å²) in [6.45, 7) is 2.01. The monoisotopic (exact) mass is 683 g/mol. The maximum atomic E-state index is 6.29. The predicted molar refractivity (Wildman–Crippen MR) is 151 cm³/mol. The van der Waals surface area contributed by atoms with Gasteiger partial charge in [-0.3, -0.25) is 4.98 Å². The molecule has 0 amide bonds. The SMILES string of the molecule is Cc1cn2c3ccccc3c3ccc(Oc4cccc(-n5c6[c-]cccc6c6ccccc65)n4)[c-]c3c2n1.[Pt+2]. The van der Waals surface area contributed by atoms with Crippen LogP contribution in [-0.2, 0) is 21.1 Å². The summed E-state index contributed by atoms with van der Waals surface area (Å²) in [7, 11) is 0. The minimum atomic E-state index is 0. The minimum absolute atomic E-state index is 0. The second kappa shape index (κ2) is 9.07. The maximum Gasteiger partial charge on any atom is 2.00 e. The van der Waals surface area contributed by atoms with Crippen LogP contribution < -0.4 is 4.74 Å². The number of aryl methyl sites for hydroxylation is 1. The van der Waals surface area contributed by atoms with Crippen LogP contribution in [0.25, 0.3) is 54.9 Å². The van der Waals surface area contributed by atoms with Gasteiger partial charge < -0.3 is 13.7 Å². The van der Waals surface area contributed by atoms with Gasteiger partial charge in [0.25, 0.3) is 0 Å². The molecular weight excluding hydrogens is 663 g/mol. The molecule has 0 unspecified atom stereocenters. The molecule has 5 nitrogen and oxygen atoms in total. The quantitative estimate of drug-likeness (QED) is 0.141. The Hall–Kier alpha value is -4.47. The van der Waals surface area contributed by atoms with Crippen molar-refractivity contribution < 1.29 is 25.8 Å². The first-order chi connectivity index (χ1) is 18.7. The van der Waals surface area contributed by atoms with Gasteiger partial charge in [-0.1, -0.05) is 70.9 Å². The number of rotatable bonds is 3. The summed E-state index contributed by atoms with van der Waals surface area (Å²) in [5, 5.41) is 5.47. The Morgan fingerprint density at radius 1 is 0.718 bits per heavy atom. The predicted octanol–water partition coefficient (Wildman–Crippen LogP) is 7.83. The Bertz CT molecular complexity index is 2140. The molecule has 4 aromatic heterocycles. The van der Waals surface area contributed by atoms with Gasteiger partial charge >= 0.3 is 21.1 Å². The first-order valence-electron chi connectivity index (χ1n) is 12.5. The van der Waals surface area contributed by atoms with E-state index in [9.17, 15) is 0 Å². The van der Waals surface area contributed by atoms with E-state index >= 15 is 0 Å². The number of hydrogen-bond acceptors (Lipinski definition) is 3. The molecule has 0 saturated carbocycles. The number of para-hydroxylation sites is 3. The summed E-state index contributed by atoms with van der Waals surface area (Å²) >= 11 is 0. The Balaban J connectivity index is 0.00000253. The molecule has 4 aromatic carbocycles. The van der Waals surface area contributed by atoms with E-state index in [0.29, 0.717) is 11.6 Å². The molecule has 0 bridgehead atoms. The third-order valence-corrected chi connectivity index (χ3v) is 7.07. The molecular formula is C33H20N4OPt. The number of ether oxygens (including phenoxy) is 1. The number of nitrogens with zero attached hydrogens (tertiary/aromatic N) is 4. The van der Waals surface area contributed by atoms with Gasteiger partial charge in [0.15, 0.2) is 0 Å². The molecule has 0 aliphatic rings. The number of benzene rings is 4. The number of imidazole rings is 1. The van der Waals surface area contributed by atoms with Gasteiger partial charge in [0.2, 0.25) is 5.88 Å². The largest absolute Gasteiger partial charge is 2.00 e. The molecule has 0 spiro atoms. The van der Waals surface area contributed by atoms with Crippen LogP contribution >= 0.6 is 0 Å². The summed E-state index contributed by atoms with van der Waals surface area (Å²) in [6, 6.07) is 39.5. The molecule has 188 valence electrons. The van der Waals surface area contributed by atoms with Crippen LogP contribution in [0.3, 0.4) is 0 Å². The normalized spacial score (nSPS) is 11.5. The average Bonchev–Trinajstić information content (AvgIpc) is 3.52. The van der Waals surface area contributed by atoms with Gasteiger partial charge in [0.1, 0.15) is 5.82 Å². The van der Waals surface area contributed by atoms with Crippen molar-refractivity contribution in [2.24, 2.45) is 0 Å². The van der Waals surface area contributed by atoms with Crippen molar-refractivity contribution in [3.8, 4) is 17.4 Å². The molecule has 6 heteroatoms. The Morgan fingerprint density at radius 3 is 2.36 bits per heavy atom. The van der Waals surface area contributed by atoms with Crippen molar-refractivity contribution in [3.63, 3.8) is 0 Å². The minimum Gasteiger partial charge on any atom is -0.459 e. The molecule has 4 heterocycles. The third-order valence-electron chi connectivity index (χ3n) is 7.07. The number of fused-ring (bicyclic) bond motifs is 9. The fraction of sp³-hybridized carbons (Fsp3) is 0.0303. The molecule has 0 aliphatic carbocycles. The summed E-state index contributed by atoms with van der Waals surface area (Å²) in [6.07, 6.45) is 2.06. The van der Waals surface area contributed by atoms with E-state index in [0.717, 1.165) is 55.3 Å². The van der Waals surface area contributed by atoms with Crippen molar-refractivity contribution >= 4 is 49.1 Å². The zero-order valence-corrected chi connectivity index (χ0v) is 23.1. The molecule has 0 fully saturated rings. The van der Waals surface area contributed by atoms with E-state index in [1.807, 2.05) is 49.4 Å². The third kappa shape index (κ3) is 3.65.